The Hall–Kier alpha value is -0.540. The summed E-state index contributed by atoms with van der Waals surface area (Å²) >= 11 is 19.0. The summed E-state index contributed by atoms with van der Waals surface area (Å²) < 4.78 is 5.43. The number of pyridine rings is 1. The minimum absolute atomic E-state index is 0.485. The van der Waals surface area contributed by atoms with Gasteiger partial charge in [-0.05, 0) is 18.6 Å². The summed E-state index contributed by atoms with van der Waals surface area (Å²) in [6.45, 7) is 3.05. The first-order chi connectivity index (χ1) is 8.59. The predicted molar refractivity (Wildman–Crippen MR) is 74.9 cm³/mol. The highest BCUT2D eigenvalue weighted by molar-refractivity contribution is 6.45. The molecule has 1 aliphatic heterocycles. The van der Waals surface area contributed by atoms with E-state index in [4.69, 9.17) is 39.5 Å². The number of halogens is 3. The molecule has 5 heteroatoms. The summed E-state index contributed by atoms with van der Waals surface area (Å²) in [4.78, 5) is 4.60. The normalized spacial score (nSPS) is 14.9. The number of fused-ring (bicyclic) bond motifs is 2. The van der Waals surface area contributed by atoms with Gasteiger partial charge in [-0.2, -0.15) is 0 Å². The third kappa shape index (κ3) is 1.79. The molecule has 0 saturated heterocycles. The Morgan fingerprint density at radius 2 is 2.00 bits per heavy atom. The number of benzene rings is 1. The fourth-order valence-corrected chi connectivity index (χ4v) is 3.16. The van der Waals surface area contributed by atoms with Crippen LogP contribution in [-0.2, 0) is 17.8 Å². The molecule has 18 heavy (non-hydrogen) atoms. The first-order valence-corrected chi connectivity index (χ1v) is 6.76. The van der Waals surface area contributed by atoms with Crippen molar-refractivity contribution in [3.05, 3.63) is 38.0 Å². The van der Waals surface area contributed by atoms with E-state index >= 15 is 0 Å². The van der Waals surface area contributed by atoms with Crippen LogP contribution in [0.3, 0.4) is 0 Å². The van der Waals surface area contributed by atoms with Crippen LogP contribution in [-0.4, -0.2) is 11.6 Å². The Morgan fingerprint density at radius 1 is 1.22 bits per heavy atom. The summed E-state index contributed by atoms with van der Waals surface area (Å²) in [5, 5.41) is 2.54. The van der Waals surface area contributed by atoms with Crippen LogP contribution < -0.4 is 0 Å². The highest BCUT2D eigenvalue weighted by Gasteiger charge is 2.21. The molecule has 0 unspecified atom stereocenters. The number of aromatic nitrogens is 1. The molecule has 0 atom stereocenters. The van der Waals surface area contributed by atoms with Crippen molar-refractivity contribution in [2.45, 2.75) is 20.0 Å². The van der Waals surface area contributed by atoms with Crippen molar-refractivity contribution in [3.8, 4) is 0 Å². The van der Waals surface area contributed by atoms with Crippen molar-refractivity contribution in [2.24, 2.45) is 0 Å². The first-order valence-electron chi connectivity index (χ1n) is 5.63. The molecule has 0 radical (unpaired) electrons. The average Bonchev–Trinajstić information content (AvgIpc) is 2.36. The van der Waals surface area contributed by atoms with Gasteiger partial charge in [0.05, 0.1) is 39.5 Å². The van der Waals surface area contributed by atoms with E-state index in [-0.39, 0.29) is 0 Å². The molecule has 0 saturated carbocycles. The van der Waals surface area contributed by atoms with Crippen LogP contribution in [0.1, 0.15) is 16.8 Å². The van der Waals surface area contributed by atoms with Crippen molar-refractivity contribution in [1.29, 1.82) is 0 Å². The Kier molecular flexibility index (Phi) is 3.15. The monoisotopic (exact) mass is 301 g/mol. The molecule has 2 nitrogen and oxygen atoms in total. The molecule has 0 fully saturated rings. The van der Waals surface area contributed by atoms with Gasteiger partial charge in [-0.1, -0.05) is 34.8 Å². The summed E-state index contributed by atoms with van der Waals surface area (Å²) in [6.07, 6.45) is 0.757. The van der Waals surface area contributed by atoms with Gasteiger partial charge in [0.25, 0.3) is 0 Å². The molecule has 3 rings (SSSR count). The van der Waals surface area contributed by atoms with Gasteiger partial charge in [0.1, 0.15) is 0 Å². The molecule has 0 amide bonds. The van der Waals surface area contributed by atoms with Gasteiger partial charge in [0.15, 0.2) is 0 Å². The summed E-state index contributed by atoms with van der Waals surface area (Å²) in [5.74, 6) is 0. The molecule has 2 aromatic rings. The molecule has 1 aromatic heterocycles. The van der Waals surface area contributed by atoms with E-state index in [1.54, 1.807) is 0 Å². The van der Waals surface area contributed by atoms with Crippen LogP contribution in [0.4, 0.5) is 0 Å². The third-order valence-corrected chi connectivity index (χ3v) is 4.37. The van der Waals surface area contributed by atoms with Gasteiger partial charge >= 0.3 is 0 Å². The molecule has 94 valence electrons. The standard InChI is InChI=1S/C13H10Cl3NO/c1-6-4-8(14)13-10(11(6)15)12(16)7-5-18-3-2-9(7)17-13/h4H,2-3,5H2,1H3. The van der Waals surface area contributed by atoms with Crippen LogP contribution in [0.25, 0.3) is 10.9 Å². The number of hydrogen-bond acceptors (Lipinski definition) is 2. The van der Waals surface area contributed by atoms with Crippen molar-refractivity contribution in [2.75, 3.05) is 6.61 Å². The highest BCUT2D eigenvalue weighted by atomic mass is 35.5. The molecule has 1 aromatic carbocycles. The number of aryl methyl sites for hydroxylation is 1. The van der Waals surface area contributed by atoms with Crippen molar-refractivity contribution < 1.29 is 4.74 Å². The maximum Gasteiger partial charge on any atom is 0.0921 e. The van der Waals surface area contributed by atoms with E-state index in [2.05, 4.69) is 4.98 Å². The van der Waals surface area contributed by atoms with Crippen molar-refractivity contribution in [3.63, 3.8) is 0 Å². The average molecular weight is 303 g/mol. The molecule has 1 aliphatic rings. The number of hydrogen-bond donors (Lipinski definition) is 0. The minimum Gasteiger partial charge on any atom is -0.376 e. The van der Waals surface area contributed by atoms with E-state index in [1.165, 1.54) is 0 Å². The second-order valence-electron chi connectivity index (χ2n) is 4.37. The van der Waals surface area contributed by atoms with E-state index in [0.29, 0.717) is 33.8 Å². The van der Waals surface area contributed by atoms with Crippen LogP contribution in [0.2, 0.25) is 15.1 Å². The summed E-state index contributed by atoms with van der Waals surface area (Å²) in [6, 6.07) is 1.82. The Labute approximate surface area is 120 Å². The third-order valence-electron chi connectivity index (χ3n) is 3.18. The van der Waals surface area contributed by atoms with E-state index in [0.717, 1.165) is 28.6 Å². The second kappa shape index (κ2) is 4.53. The smallest absolute Gasteiger partial charge is 0.0921 e. The lowest BCUT2D eigenvalue weighted by molar-refractivity contribution is 0.109. The lowest BCUT2D eigenvalue weighted by Gasteiger charge is -2.19. The SMILES string of the molecule is Cc1cc(Cl)c2nc3c(c(Cl)c2c1Cl)COCC3. The maximum absolute atomic E-state index is 6.45. The fourth-order valence-electron chi connectivity index (χ4n) is 2.23. The fraction of sp³-hybridized carbons (Fsp3) is 0.308. The van der Waals surface area contributed by atoms with Crippen LogP contribution >= 0.6 is 34.8 Å². The highest BCUT2D eigenvalue weighted by Crippen LogP contribution is 2.39. The number of ether oxygens (including phenoxy) is 1. The zero-order valence-electron chi connectivity index (χ0n) is 9.69. The van der Waals surface area contributed by atoms with E-state index < -0.39 is 0 Å². The van der Waals surface area contributed by atoms with E-state index in [1.807, 2.05) is 13.0 Å². The lowest BCUT2D eigenvalue weighted by Crippen LogP contribution is -2.12. The number of rotatable bonds is 0. The minimum atomic E-state index is 0.485. The predicted octanol–water partition coefficient (Wildman–Crippen LogP) is 4.58. The topological polar surface area (TPSA) is 22.1 Å². The van der Waals surface area contributed by atoms with Gasteiger partial charge in [0.2, 0.25) is 0 Å². The molecule has 2 heterocycles. The van der Waals surface area contributed by atoms with Gasteiger partial charge < -0.3 is 4.74 Å². The van der Waals surface area contributed by atoms with Gasteiger partial charge in [-0.3, -0.25) is 4.98 Å². The largest absolute Gasteiger partial charge is 0.376 e. The molecule has 0 spiro atoms. The van der Waals surface area contributed by atoms with Gasteiger partial charge in [0, 0.05) is 17.4 Å². The molecular weight excluding hydrogens is 293 g/mol. The maximum atomic E-state index is 6.45. The second-order valence-corrected chi connectivity index (χ2v) is 5.53. The molecular formula is C13H10Cl3NO. The Morgan fingerprint density at radius 3 is 2.78 bits per heavy atom. The van der Waals surface area contributed by atoms with Crippen LogP contribution in [0, 0.1) is 6.92 Å². The Bertz CT molecular complexity index is 655. The number of nitrogens with zero attached hydrogens (tertiary/aromatic N) is 1. The van der Waals surface area contributed by atoms with Gasteiger partial charge in [-0.25, -0.2) is 0 Å². The molecule has 0 bridgehead atoms. The zero-order valence-corrected chi connectivity index (χ0v) is 12.0. The lowest BCUT2D eigenvalue weighted by atomic mass is 10.0. The van der Waals surface area contributed by atoms with Crippen LogP contribution in [0.15, 0.2) is 6.07 Å². The first kappa shape index (κ1) is 12.5. The van der Waals surface area contributed by atoms with Crippen molar-refractivity contribution in [1.82, 2.24) is 4.98 Å². The van der Waals surface area contributed by atoms with Crippen molar-refractivity contribution >= 4 is 45.7 Å². The van der Waals surface area contributed by atoms with Gasteiger partial charge in [-0.15, -0.1) is 0 Å². The van der Waals surface area contributed by atoms with Crippen LogP contribution in [0.5, 0.6) is 0 Å². The summed E-state index contributed by atoms with van der Waals surface area (Å²) in [7, 11) is 0. The Balaban J connectivity index is 2.46. The van der Waals surface area contributed by atoms with E-state index in [9.17, 15) is 0 Å². The quantitative estimate of drug-likeness (QED) is 0.711. The molecule has 0 aliphatic carbocycles. The molecule has 0 N–H and O–H groups in total. The summed E-state index contributed by atoms with van der Waals surface area (Å²) in [5.41, 5.74) is 3.46. The zero-order chi connectivity index (χ0) is 12.9.